The average molecular weight is 272 g/mol. The van der Waals surface area contributed by atoms with Crippen LogP contribution in [0.2, 0.25) is 5.02 Å². The fourth-order valence-electron chi connectivity index (χ4n) is 2.03. The van der Waals surface area contributed by atoms with Crippen LogP contribution in [0.3, 0.4) is 0 Å². The summed E-state index contributed by atoms with van der Waals surface area (Å²) >= 11 is 5.68. The van der Waals surface area contributed by atoms with Gasteiger partial charge in [-0.2, -0.15) is 0 Å². The normalized spacial score (nSPS) is 18.6. The summed E-state index contributed by atoms with van der Waals surface area (Å²) in [6, 6.07) is 4.29. The number of ketones is 1. The second-order valence-electron chi connectivity index (χ2n) is 4.62. The molecule has 0 aliphatic carbocycles. The molecule has 1 aromatic rings. The third-order valence-corrected chi connectivity index (χ3v) is 3.58. The van der Waals surface area contributed by atoms with E-state index < -0.39 is 11.4 Å². The lowest BCUT2D eigenvalue weighted by Crippen LogP contribution is -2.52. The molecule has 0 saturated carbocycles. The second-order valence-corrected chi connectivity index (χ2v) is 5.02. The molecule has 1 saturated heterocycles. The zero-order valence-electron chi connectivity index (χ0n) is 9.92. The van der Waals surface area contributed by atoms with Crippen molar-refractivity contribution in [2.75, 3.05) is 13.2 Å². The largest absolute Gasteiger partial charge is 0.381 e. The molecule has 1 heterocycles. The van der Waals surface area contributed by atoms with Crippen LogP contribution in [0.15, 0.2) is 18.2 Å². The molecule has 18 heavy (non-hydrogen) atoms. The van der Waals surface area contributed by atoms with E-state index in [0.717, 1.165) is 0 Å². The Labute approximate surface area is 110 Å². The molecule has 1 aliphatic heterocycles. The van der Waals surface area contributed by atoms with Crippen molar-refractivity contribution in [3.8, 4) is 0 Å². The van der Waals surface area contributed by atoms with Crippen LogP contribution in [0.4, 0.5) is 4.39 Å². The van der Waals surface area contributed by atoms with E-state index >= 15 is 0 Å². The van der Waals surface area contributed by atoms with E-state index in [0.29, 0.717) is 31.6 Å². The molecule has 0 spiro atoms. The highest BCUT2D eigenvalue weighted by molar-refractivity contribution is 6.30. The molecule has 5 heteroatoms. The SMILES string of the molecule is NC1(C(=O)Cc2ccc(F)c(Cl)c2)CCOCC1. The van der Waals surface area contributed by atoms with E-state index in [2.05, 4.69) is 0 Å². The van der Waals surface area contributed by atoms with Gasteiger partial charge in [-0.3, -0.25) is 4.79 Å². The first-order chi connectivity index (χ1) is 8.51. The molecule has 98 valence electrons. The zero-order chi connectivity index (χ0) is 13.2. The fourth-order valence-corrected chi connectivity index (χ4v) is 2.23. The summed E-state index contributed by atoms with van der Waals surface area (Å²) in [5.74, 6) is -0.533. The summed E-state index contributed by atoms with van der Waals surface area (Å²) in [6.07, 6.45) is 1.23. The van der Waals surface area contributed by atoms with Crippen LogP contribution in [0.5, 0.6) is 0 Å². The Morgan fingerprint density at radius 1 is 1.44 bits per heavy atom. The van der Waals surface area contributed by atoms with Gasteiger partial charge in [-0.25, -0.2) is 4.39 Å². The molecule has 0 aromatic heterocycles. The number of hydrogen-bond donors (Lipinski definition) is 1. The Balaban J connectivity index is 2.08. The molecule has 1 fully saturated rings. The smallest absolute Gasteiger partial charge is 0.157 e. The topological polar surface area (TPSA) is 52.3 Å². The van der Waals surface area contributed by atoms with Gasteiger partial charge in [0.05, 0.1) is 10.6 Å². The first-order valence-electron chi connectivity index (χ1n) is 5.85. The number of hydrogen-bond acceptors (Lipinski definition) is 3. The van der Waals surface area contributed by atoms with E-state index in [4.69, 9.17) is 22.1 Å². The van der Waals surface area contributed by atoms with Crippen molar-refractivity contribution >= 4 is 17.4 Å². The Kier molecular flexibility index (Phi) is 4.00. The van der Waals surface area contributed by atoms with Crippen molar-refractivity contribution in [1.82, 2.24) is 0 Å². The van der Waals surface area contributed by atoms with Crippen molar-refractivity contribution in [2.24, 2.45) is 5.73 Å². The number of ether oxygens (including phenoxy) is 1. The molecule has 2 N–H and O–H groups in total. The lowest BCUT2D eigenvalue weighted by atomic mass is 9.84. The molecule has 1 aliphatic rings. The molecule has 2 rings (SSSR count). The summed E-state index contributed by atoms with van der Waals surface area (Å²) in [7, 11) is 0. The van der Waals surface area contributed by atoms with Crippen LogP contribution in [0.1, 0.15) is 18.4 Å². The van der Waals surface area contributed by atoms with Gasteiger partial charge in [-0.1, -0.05) is 17.7 Å². The minimum Gasteiger partial charge on any atom is -0.381 e. The maximum absolute atomic E-state index is 13.0. The predicted molar refractivity (Wildman–Crippen MR) is 67.1 cm³/mol. The van der Waals surface area contributed by atoms with Gasteiger partial charge < -0.3 is 10.5 Å². The minimum atomic E-state index is -0.820. The van der Waals surface area contributed by atoms with Crippen molar-refractivity contribution in [3.63, 3.8) is 0 Å². The van der Waals surface area contributed by atoms with E-state index in [1.165, 1.54) is 12.1 Å². The molecule has 0 unspecified atom stereocenters. The third-order valence-electron chi connectivity index (χ3n) is 3.29. The van der Waals surface area contributed by atoms with E-state index in [1.54, 1.807) is 6.07 Å². The number of halogens is 2. The number of carbonyl (C=O) groups is 1. The summed E-state index contributed by atoms with van der Waals surface area (Å²) in [5, 5.41) is 0.0262. The standard InChI is InChI=1S/C13H15ClFNO2/c14-10-7-9(1-2-11(10)15)8-12(17)13(16)3-5-18-6-4-13/h1-2,7H,3-6,8,16H2. The first-order valence-corrected chi connectivity index (χ1v) is 6.23. The van der Waals surface area contributed by atoms with Crippen molar-refractivity contribution < 1.29 is 13.9 Å². The Bertz CT molecular complexity index is 458. The molecule has 0 atom stereocenters. The Morgan fingerprint density at radius 2 is 2.11 bits per heavy atom. The van der Waals surface area contributed by atoms with Crippen molar-refractivity contribution in [3.05, 3.63) is 34.6 Å². The highest BCUT2D eigenvalue weighted by atomic mass is 35.5. The van der Waals surface area contributed by atoms with Crippen molar-refractivity contribution in [1.29, 1.82) is 0 Å². The predicted octanol–water partition coefficient (Wildman–Crippen LogP) is 2.10. The number of nitrogens with two attached hydrogens (primary N) is 1. The minimum absolute atomic E-state index is 0.0262. The average Bonchev–Trinajstić information content (AvgIpc) is 2.35. The monoisotopic (exact) mass is 271 g/mol. The van der Waals surface area contributed by atoms with Gasteiger partial charge in [-0.05, 0) is 30.5 Å². The van der Waals surface area contributed by atoms with Gasteiger partial charge in [0.1, 0.15) is 5.82 Å². The van der Waals surface area contributed by atoms with Gasteiger partial charge in [0.25, 0.3) is 0 Å². The van der Waals surface area contributed by atoms with E-state index in [9.17, 15) is 9.18 Å². The molecule has 1 aromatic carbocycles. The second kappa shape index (κ2) is 5.34. The van der Waals surface area contributed by atoms with Gasteiger partial charge in [0.15, 0.2) is 5.78 Å². The fraction of sp³-hybridized carbons (Fsp3) is 0.462. The lowest BCUT2D eigenvalue weighted by molar-refractivity contribution is -0.126. The summed E-state index contributed by atoms with van der Waals surface area (Å²) < 4.78 is 18.2. The van der Waals surface area contributed by atoms with Crippen molar-refractivity contribution in [2.45, 2.75) is 24.8 Å². The van der Waals surface area contributed by atoms with Gasteiger partial charge in [0, 0.05) is 19.6 Å². The number of Topliss-reactive ketones (excluding diaryl/α,β-unsaturated/α-hetero) is 1. The number of benzene rings is 1. The highest BCUT2D eigenvalue weighted by Gasteiger charge is 2.35. The van der Waals surface area contributed by atoms with Crippen LogP contribution in [-0.2, 0) is 16.0 Å². The summed E-state index contributed by atoms with van der Waals surface area (Å²) in [4.78, 5) is 12.2. The molecular weight excluding hydrogens is 257 g/mol. The summed E-state index contributed by atoms with van der Waals surface area (Å²) in [6.45, 7) is 1.01. The molecule has 0 radical (unpaired) electrons. The van der Waals surface area contributed by atoms with Crippen LogP contribution >= 0.6 is 11.6 Å². The molecular formula is C13H15ClFNO2. The lowest BCUT2D eigenvalue weighted by Gasteiger charge is -2.31. The summed E-state index contributed by atoms with van der Waals surface area (Å²) in [5.41, 5.74) is 5.94. The Hall–Kier alpha value is -0.970. The number of carbonyl (C=O) groups excluding carboxylic acids is 1. The molecule has 3 nitrogen and oxygen atoms in total. The van der Waals surface area contributed by atoms with Crippen LogP contribution < -0.4 is 5.73 Å². The van der Waals surface area contributed by atoms with Crippen LogP contribution in [0.25, 0.3) is 0 Å². The highest BCUT2D eigenvalue weighted by Crippen LogP contribution is 2.22. The van der Waals surface area contributed by atoms with Crippen LogP contribution in [0, 0.1) is 5.82 Å². The maximum Gasteiger partial charge on any atom is 0.157 e. The van der Waals surface area contributed by atoms with Gasteiger partial charge in [0.2, 0.25) is 0 Å². The van der Waals surface area contributed by atoms with E-state index in [-0.39, 0.29) is 17.2 Å². The van der Waals surface area contributed by atoms with Gasteiger partial charge in [-0.15, -0.1) is 0 Å². The van der Waals surface area contributed by atoms with Gasteiger partial charge >= 0.3 is 0 Å². The molecule has 0 amide bonds. The Morgan fingerprint density at radius 3 is 2.72 bits per heavy atom. The first kappa shape index (κ1) is 13.5. The quantitative estimate of drug-likeness (QED) is 0.916. The molecule has 0 bridgehead atoms. The van der Waals surface area contributed by atoms with E-state index in [1.807, 2.05) is 0 Å². The number of rotatable bonds is 3. The van der Waals surface area contributed by atoms with Crippen LogP contribution in [-0.4, -0.2) is 24.5 Å². The third kappa shape index (κ3) is 2.88. The zero-order valence-corrected chi connectivity index (χ0v) is 10.7. The maximum atomic E-state index is 13.0.